The zero-order valence-corrected chi connectivity index (χ0v) is 18.5. The monoisotopic (exact) mass is 438 g/mol. The number of halogens is 1. The maximum absolute atomic E-state index is 13.3. The van der Waals surface area contributed by atoms with Crippen molar-refractivity contribution in [3.05, 3.63) is 80.7 Å². The van der Waals surface area contributed by atoms with Gasteiger partial charge in [-0.2, -0.15) is 0 Å². The standard InChI is InChI=1S/C24H23ClN2O2S/c1-14-7-10-16(11-8-14)22(28)27-24-21(17-12-9-15(2)13-20(17)30-24)23(29)26-19-6-4-3-5-18(19)25/h3-8,10-11,15H,9,12-13H2,1-2H3,(H,26,29)(H,27,28)/t15-/m0/s1. The fraction of sp³-hybridized carbons (Fsp3) is 0.250. The number of para-hydroxylation sites is 1. The van der Waals surface area contributed by atoms with E-state index in [-0.39, 0.29) is 11.8 Å². The molecule has 0 aliphatic heterocycles. The lowest BCUT2D eigenvalue weighted by atomic mass is 9.88. The van der Waals surface area contributed by atoms with Crippen molar-refractivity contribution in [2.75, 3.05) is 10.6 Å². The molecule has 0 radical (unpaired) electrons. The molecule has 1 aliphatic rings. The minimum atomic E-state index is -0.241. The van der Waals surface area contributed by atoms with Crippen molar-refractivity contribution >= 4 is 45.4 Å². The Hall–Kier alpha value is -2.63. The van der Waals surface area contributed by atoms with Crippen molar-refractivity contribution in [3.63, 3.8) is 0 Å². The van der Waals surface area contributed by atoms with Crippen molar-refractivity contribution < 1.29 is 9.59 Å². The molecule has 2 amide bonds. The van der Waals surface area contributed by atoms with E-state index in [4.69, 9.17) is 11.6 Å². The van der Waals surface area contributed by atoms with Gasteiger partial charge in [0.25, 0.3) is 11.8 Å². The number of rotatable bonds is 4. The molecule has 1 heterocycles. The van der Waals surface area contributed by atoms with Crippen LogP contribution in [0, 0.1) is 12.8 Å². The number of aryl methyl sites for hydroxylation is 1. The van der Waals surface area contributed by atoms with Crippen molar-refractivity contribution in [2.45, 2.75) is 33.1 Å². The summed E-state index contributed by atoms with van der Waals surface area (Å²) in [6, 6.07) is 14.6. The van der Waals surface area contributed by atoms with Crippen LogP contribution in [0.3, 0.4) is 0 Å². The SMILES string of the molecule is Cc1ccc(C(=O)Nc2sc3c(c2C(=O)Nc2ccccc2Cl)CC[C@H](C)C3)cc1. The third-order valence-electron chi connectivity index (χ3n) is 5.40. The zero-order chi connectivity index (χ0) is 21.3. The number of fused-ring (bicyclic) bond motifs is 1. The molecular weight excluding hydrogens is 416 g/mol. The molecule has 1 aliphatic carbocycles. The molecule has 154 valence electrons. The van der Waals surface area contributed by atoms with Gasteiger partial charge < -0.3 is 10.6 Å². The second kappa shape index (κ2) is 8.62. The highest BCUT2D eigenvalue weighted by atomic mass is 35.5. The summed E-state index contributed by atoms with van der Waals surface area (Å²) in [5.41, 5.74) is 3.82. The summed E-state index contributed by atoms with van der Waals surface area (Å²) < 4.78 is 0. The highest BCUT2D eigenvalue weighted by Gasteiger charge is 2.28. The van der Waals surface area contributed by atoms with E-state index >= 15 is 0 Å². The summed E-state index contributed by atoms with van der Waals surface area (Å²) in [7, 11) is 0. The quantitative estimate of drug-likeness (QED) is 0.499. The molecule has 2 aromatic carbocycles. The largest absolute Gasteiger partial charge is 0.321 e. The van der Waals surface area contributed by atoms with E-state index in [1.165, 1.54) is 16.2 Å². The van der Waals surface area contributed by atoms with Crippen LogP contribution in [-0.4, -0.2) is 11.8 Å². The van der Waals surface area contributed by atoms with Crippen molar-refractivity contribution in [2.24, 2.45) is 5.92 Å². The second-order valence-corrected chi connectivity index (χ2v) is 9.32. The first kappa shape index (κ1) is 20.6. The molecule has 0 saturated carbocycles. The minimum absolute atomic E-state index is 0.214. The van der Waals surface area contributed by atoms with Gasteiger partial charge in [-0.05, 0) is 61.9 Å². The molecule has 0 spiro atoms. The van der Waals surface area contributed by atoms with Crippen LogP contribution < -0.4 is 10.6 Å². The third kappa shape index (κ3) is 4.27. The van der Waals surface area contributed by atoms with Crippen LogP contribution in [0.5, 0.6) is 0 Å². The Labute approximate surface area is 185 Å². The Morgan fingerprint density at radius 1 is 1.03 bits per heavy atom. The number of nitrogens with one attached hydrogen (secondary N) is 2. The summed E-state index contributed by atoms with van der Waals surface area (Å²) in [5, 5.41) is 6.99. The van der Waals surface area contributed by atoms with Crippen LogP contribution in [0.1, 0.15) is 50.1 Å². The van der Waals surface area contributed by atoms with Gasteiger partial charge in [0.05, 0.1) is 16.3 Å². The van der Waals surface area contributed by atoms with Crippen LogP contribution in [0.25, 0.3) is 0 Å². The highest BCUT2D eigenvalue weighted by molar-refractivity contribution is 7.17. The molecule has 1 atom stereocenters. The molecule has 0 saturated heterocycles. The average Bonchev–Trinajstić information content (AvgIpc) is 3.07. The number of benzene rings is 2. The summed E-state index contributed by atoms with van der Waals surface area (Å²) >= 11 is 7.74. The Morgan fingerprint density at radius 2 is 1.77 bits per heavy atom. The first-order valence-electron chi connectivity index (χ1n) is 10.0. The molecule has 30 heavy (non-hydrogen) atoms. The molecule has 1 aromatic heterocycles. The Kier molecular flexibility index (Phi) is 5.93. The molecule has 0 bridgehead atoms. The molecule has 6 heteroatoms. The predicted octanol–water partition coefficient (Wildman–Crippen LogP) is 6.34. The number of carbonyl (C=O) groups excluding carboxylic acids is 2. The van der Waals surface area contributed by atoms with Gasteiger partial charge in [0.1, 0.15) is 5.00 Å². The van der Waals surface area contributed by atoms with Crippen LogP contribution in [-0.2, 0) is 12.8 Å². The van der Waals surface area contributed by atoms with Gasteiger partial charge in [-0.3, -0.25) is 9.59 Å². The number of hydrogen-bond donors (Lipinski definition) is 2. The van der Waals surface area contributed by atoms with E-state index in [0.717, 1.165) is 30.4 Å². The maximum atomic E-state index is 13.3. The predicted molar refractivity (Wildman–Crippen MR) is 124 cm³/mol. The lowest BCUT2D eigenvalue weighted by molar-refractivity contribution is 0.102. The van der Waals surface area contributed by atoms with Crippen LogP contribution in [0.2, 0.25) is 5.02 Å². The topological polar surface area (TPSA) is 58.2 Å². The van der Waals surface area contributed by atoms with Gasteiger partial charge in [0.15, 0.2) is 0 Å². The van der Waals surface area contributed by atoms with Crippen molar-refractivity contribution in [1.82, 2.24) is 0 Å². The van der Waals surface area contributed by atoms with Gasteiger partial charge in [-0.1, -0.05) is 48.4 Å². The summed E-state index contributed by atoms with van der Waals surface area (Å²) in [6.07, 6.45) is 2.78. The highest BCUT2D eigenvalue weighted by Crippen LogP contribution is 2.40. The molecule has 3 aromatic rings. The zero-order valence-electron chi connectivity index (χ0n) is 16.9. The molecule has 4 nitrogen and oxygen atoms in total. The summed E-state index contributed by atoms with van der Waals surface area (Å²) in [6.45, 7) is 4.20. The molecular formula is C24H23ClN2O2S. The fourth-order valence-electron chi connectivity index (χ4n) is 3.71. The summed E-state index contributed by atoms with van der Waals surface area (Å²) in [5.74, 6) is 0.110. The van der Waals surface area contributed by atoms with E-state index in [1.54, 1.807) is 24.3 Å². The van der Waals surface area contributed by atoms with E-state index < -0.39 is 0 Å². The van der Waals surface area contributed by atoms with E-state index in [1.807, 2.05) is 31.2 Å². The van der Waals surface area contributed by atoms with E-state index in [0.29, 0.717) is 32.8 Å². The Bertz CT molecular complexity index is 1100. The van der Waals surface area contributed by atoms with Crippen molar-refractivity contribution in [1.29, 1.82) is 0 Å². The van der Waals surface area contributed by atoms with E-state index in [2.05, 4.69) is 17.6 Å². The van der Waals surface area contributed by atoms with Crippen LogP contribution >= 0.6 is 22.9 Å². The molecule has 2 N–H and O–H groups in total. The normalized spacial score (nSPS) is 15.4. The number of amides is 2. The number of anilines is 2. The van der Waals surface area contributed by atoms with E-state index in [9.17, 15) is 9.59 Å². The number of carbonyl (C=O) groups is 2. The second-order valence-electron chi connectivity index (χ2n) is 7.81. The average molecular weight is 439 g/mol. The van der Waals surface area contributed by atoms with Gasteiger partial charge in [-0.15, -0.1) is 11.3 Å². The van der Waals surface area contributed by atoms with Crippen LogP contribution in [0.4, 0.5) is 10.7 Å². The summed E-state index contributed by atoms with van der Waals surface area (Å²) in [4.78, 5) is 27.3. The fourth-order valence-corrected chi connectivity index (χ4v) is 5.29. The molecule has 0 fully saturated rings. The van der Waals surface area contributed by atoms with Gasteiger partial charge >= 0.3 is 0 Å². The lowest BCUT2D eigenvalue weighted by Crippen LogP contribution is -2.19. The number of thiophene rings is 1. The minimum Gasteiger partial charge on any atom is -0.321 e. The van der Waals surface area contributed by atoms with Gasteiger partial charge in [0, 0.05) is 10.4 Å². The molecule has 0 unspecified atom stereocenters. The first-order valence-corrected chi connectivity index (χ1v) is 11.2. The lowest BCUT2D eigenvalue weighted by Gasteiger charge is -2.18. The number of hydrogen-bond acceptors (Lipinski definition) is 3. The maximum Gasteiger partial charge on any atom is 0.258 e. The molecule has 4 rings (SSSR count). The Morgan fingerprint density at radius 3 is 2.50 bits per heavy atom. The third-order valence-corrected chi connectivity index (χ3v) is 6.90. The van der Waals surface area contributed by atoms with Gasteiger partial charge in [0.2, 0.25) is 0 Å². The van der Waals surface area contributed by atoms with Gasteiger partial charge in [-0.25, -0.2) is 0 Å². The van der Waals surface area contributed by atoms with Crippen LogP contribution in [0.15, 0.2) is 48.5 Å². The smallest absolute Gasteiger partial charge is 0.258 e. The Balaban J connectivity index is 1.67. The van der Waals surface area contributed by atoms with Crippen molar-refractivity contribution in [3.8, 4) is 0 Å². The first-order chi connectivity index (χ1) is 14.4.